The first kappa shape index (κ1) is 13.8. The number of benzene rings is 1. The molecule has 1 aliphatic carbocycles. The van der Waals surface area contributed by atoms with Gasteiger partial charge in [-0.3, -0.25) is 0 Å². The first-order chi connectivity index (χ1) is 8.02. The van der Waals surface area contributed by atoms with Crippen LogP contribution in [0.3, 0.4) is 0 Å². The van der Waals surface area contributed by atoms with E-state index in [1.807, 2.05) is 6.07 Å². The zero-order chi connectivity index (χ0) is 12.6. The lowest BCUT2D eigenvalue weighted by Gasteiger charge is -2.22. The average Bonchev–Trinajstić information content (AvgIpc) is 2.79. The third-order valence-corrected chi connectivity index (χ3v) is 5.49. The lowest BCUT2D eigenvalue weighted by molar-refractivity contribution is 0.433. The average molecular weight is 428 g/mol. The molecule has 1 aliphatic rings. The van der Waals surface area contributed by atoms with E-state index in [9.17, 15) is 5.11 Å². The second kappa shape index (κ2) is 5.59. The van der Waals surface area contributed by atoms with Gasteiger partial charge in [0.1, 0.15) is 5.75 Å². The Bertz CT molecular complexity index is 430. The number of rotatable bonds is 2. The van der Waals surface area contributed by atoms with Crippen LogP contribution >= 0.6 is 47.8 Å². The Balaban J connectivity index is 2.40. The van der Waals surface area contributed by atoms with E-state index in [2.05, 4.69) is 47.8 Å². The van der Waals surface area contributed by atoms with Crippen molar-refractivity contribution in [1.82, 2.24) is 0 Å². The molecule has 0 heterocycles. The predicted molar refractivity (Wildman–Crippen MR) is 80.1 cm³/mol. The van der Waals surface area contributed by atoms with Gasteiger partial charge in [0.05, 0.1) is 8.95 Å². The fourth-order valence-corrected chi connectivity index (χ4v) is 5.10. The predicted octanol–water partition coefficient (Wildman–Crippen LogP) is 4.87. The summed E-state index contributed by atoms with van der Waals surface area (Å²) < 4.78 is 2.30. The largest absolute Gasteiger partial charge is 0.506 e. The van der Waals surface area contributed by atoms with E-state index in [0.717, 1.165) is 10.0 Å². The molecule has 0 radical (unpaired) electrons. The quantitative estimate of drug-likeness (QED) is 0.707. The molecule has 1 fully saturated rings. The van der Waals surface area contributed by atoms with Crippen LogP contribution in [-0.2, 0) is 0 Å². The summed E-state index contributed by atoms with van der Waals surface area (Å²) in [7, 11) is 0. The highest BCUT2D eigenvalue weighted by atomic mass is 79.9. The molecule has 0 spiro atoms. The van der Waals surface area contributed by atoms with E-state index < -0.39 is 0 Å². The molecule has 2 nitrogen and oxygen atoms in total. The molecule has 1 saturated carbocycles. The van der Waals surface area contributed by atoms with E-state index in [-0.39, 0.29) is 11.8 Å². The minimum Gasteiger partial charge on any atom is -0.506 e. The molecular formula is C12H14Br3NO. The van der Waals surface area contributed by atoms with E-state index in [1.165, 1.54) is 25.7 Å². The number of hydrogen-bond donors (Lipinski definition) is 2. The van der Waals surface area contributed by atoms with Crippen LogP contribution < -0.4 is 5.73 Å². The lowest BCUT2D eigenvalue weighted by Crippen LogP contribution is -2.20. The number of phenolic OH excluding ortho intramolecular Hbond substituents is 1. The maximum atomic E-state index is 9.93. The topological polar surface area (TPSA) is 46.2 Å². The summed E-state index contributed by atoms with van der Waals surface area (Å²) in [6.07, 6.45) is 4.87. The summed E-state index contributed by atoms with van der Waals surface area (Å²) >= 11 is 10.3. The first-order valence-corrected chi connectivity index (χ1v) is 8.02. The van der Waals surface area contributed by atoms with Crippen LogP contribution in [0, 0.1) is 5.92 Å². The minimum atomic E-state index is -0.0275. The number of halogens is 3. The van der Waals surface area contributed by atoms with Crippen molar-refractivity contribution in [3.05, 3.63) is 25.0 Å². The van der Waals surface area contributed by atoms with Crippen molar-refractivity contribution >= 4 is 47.8 Å². The first-order valence-electron chi connectivity index (χ1n) is 5.64. The van der Waals surface area contributed by atoms with Gasteiger partial charge in [-0.15, -0.1) is 0 Å². The Hall–Kier alpha value is 0.420. The van der Waals surface area contributed by atoms with Crippen LogP contribution in [0.1, 0.15) is 37.3 Å². The molecule has 3 N–H and O–H groups in total. The molecular weight excluding hydrogens is 414 g/mol. The smallest absolute Gasteiger partial charge is 0.144 e. The fourth-order valence-electron chi connectivity index (χ4n) is 2.45. The Morgan fingerprint density at radius 2 is 1.76 bits per heavy atom. The Labute approximate surface area is 126 Å². The van der Waals surface area contributed by atoms with E-state index in [1.54, 1.807) is 0 Å². The van der Waals surface area contributed by atoms with Crippen molar-refractivity contribution < 1.29 is 5.11 Å². The molecule has 0 saturated heterocycles. The number of phenols is 1. The van der Waals surface area contributed by atoms with Crippen molar-refractivity contribution in [3.63, 3.8) is 0 Å². The van der Waals surface area contributed by atoms with Crippen molar-refractivity contribution in [1.29, 1.82) is 0 Å². The molecule has 1 atom stereocenters. The highest BCUT2D eigenvalue weighted by Crippen LogP contribution is 2.45. The second-order valence-electron chi connectivity index (χ2n) is 4.49. The molecule has 0 aliphatic heterocycles. The summed E-state index contributed by atoms with van der Waals surface area (Å²) in [6.45, 7) is 0. The van der Waals surface area contributed by atoms with Gasteiger partial charge in [0.2, 0.25) is 0 Å². The van der Waals surface area contributed by atoms with E-state index in [4.69, 9.17) is 5.73 Å². The number of aromatic hydroxyl groups is 1. The molecule has 94 valence electrons. The molecule has 2 rings (SSSR count). The van der Waals surface area contributed by atoms with Crippen LogP contribution in [0.15, 0.2) is 19.5 Å². The van der Waals surface area contributed by atoms with Crippen molar-refractivity contribution in [2.24, 2.45) is 11.7 Å². The van der Waals surface area contributed by atoms with Gasteiger partial charge >= 0.3 is 0 Å². The molecule has 1 aromatic rings. The summed E-state index contributed by atoms with van der Waals surface area (Å²) in [5.41, 5.74) is 7.30. The van der Waals surface area contributed by atoms with Crippen LogP contribution in [0.4, 0.5) is 0 Å². The molecule has 17 heavy (non-hydrogen) atoms. The van der Waals surface area contributed by atoms with Gasteiger partial charge in [0, 0.05) is 16.1 Å². The van der Waals surface area contributed by atoms with E-state index in [0.29, 0.717) is 14.9 Å². The zero-order valence-electron chi connectivity index (χ0n) is 9.22. The Morgan fingerprint density at radius 3 is 2.35 bits per heavy atom. The molecule has 1 aromatic carbocycles. The van der Waals surface area contributed by atoms with Gasteiger partial charge in [-0.05, 0) is 56.7 Å². The van der Waals surface area contributed by atoms with Crippen molar-refractivity contribution in [2.45, 2.75) is 31.7 Å². The molecule has 0 bridgehead atoms. The maximum Gasteiger partial charge on any atom is 0.144 e. The van der Waals surface area contributed by atoms with Crippen LogP contribution in [0.25, 0.3) is 0 Å². The van der Waals surface area contributed by atoms with E-state index >= 15 is 0 Å². The number of hydrogen-bond acceptors (Lipinski definition) is 2. The van der Waals surface area contributed by atoms with Gasteiger partial charge in [0.15, 0.2) is 0 Å². The Kier molecular flexibility index (Phi) is 4.55. The maximum absolute atomic E-state index is 9.93. The highest BCUT2D eigenvalue weighted by molar-refractivity contribution is 9.11. The van der Waals surface area contributed by atoms with Crippen LogP contribution in [0.2, 0.25) is 0 Å². The molecule has 5 heteroatoms. The van der Waals surface area contributed by atoms with Crippen LogP contribution in [0.5, 0.6) is 5.75 Å². The summed E-state index contributed by atoms with van der Waals surface area (Å²) in [5, 5.41) is 9.93. The minimum absolute atomic E-state index is 0.0275. The monoisotopic (exact) mass is 425 g/mol. The fraction of sp³-hybridized carbons (Fsp3) is 0.500. The van der Waals surface area contributed by atoms with Gasteiger partial charge in [-0.2, -0.15) is 0 Å². The molecule has 0 aromatic heterocycles. The third-order valence-electron chi connectivity index (χ3n) is 3.42. The number of nitrogens with two attached hydrogens (primary N) is 1. The molecule has 0 amide bonds. The zero-order valence-corrected chi connectivity index (χ0v) is 14.0. The summed E-state index contributed by atoms with van der Waals surface area (Å²) in [4.78, 5) is 0. The second-order valence-corrected chi connectivity index (χ2v) is 6.99. The highest BCUT2D eigenvalue weighted by Gasteiger charge is 2.27. The van der Waals surface area contributed by atoms with Crippen molar-refractivity contribution in [3.8, 4) is 5.75 Å². The van der Waals surface area contributed by atoms with Crippen molar-refractivity contribution in [2.75, 3.05) is 0 Å². The van der Waals surface area contributed by atoms with Gasteiger partial charge in [-0.25, -0.2) is 0 Å². The summed E-state index contributed by atoms with van der Waals surface area (Å²) in [6, 6.07) is 1.82. The van der Waals surface area contributed by atoms with Crippen LogP contribution in [-0.4, -0.2) is 5.11 Å². The van der Waals surface area contributed by atoms with Gasteiger partial charge < -0.3 is 10.8 Å². The molecule has 0 unspecified atom stereocenters. The standard InChI is InChI=1S/C12H14Br3NO/c13-7-5-8(14)12(17)10(15)9(7)11(16)6-3-1-2-4-6/h5-6,11,17H,1-4,16H2/t11-/m1/s1. The SMILES string of the molecule is N[C@@H](c1c(Br)cc(Br)c(O)c1Br)C1CCCC1. The normalized spacial score (nSPS) is 18.6. The lowest BCUT2D eigenvalue weighted by atomic mass is 9.92. The third kappa shape index (κ3) is 2.72. The van der Waals surface area contributed by atoms with Gasteiger partial charge in [-0.1, -0.05) is 28.8 Å². The van der Waals surface area contributed by atoms with Gasteiger partial charge in [0.25, 0.3) is 0 Å². The Morgan fingerprint density at radius 1 is 1.18 bits per heavy atom. The summed E-state index contributed by atoms with van der Waals surface area (Å²) in [5.74, 6) is 0.736.